The van der Waals surface area contributed by atoms with Gasteiger partial charge in [0.15, 0.2) is 0 Å². The largest absolute Gasteiger partial charge is 0.330 e. The van der Waals surface area contributed by atoms with E-state index in [-0.39, 0.29) is 0 Å². The highest BCUT2D eigenvalue weighted by Gasteiger charge is 2.60. The second kappa shape index (κ2) is 8.10. The van der Waals surface area contributed by atoms with E-state index in [4.69, 9.17) is 5.73 Å². The first-order valence-electron chi connectivity index (χ1n) is 11.8. The van der Waals surface area contributed by atoms with Crippen LogP contribution >= 0.6 is 0 Å². The third-order valence-corrected chi connectivity index (χ3v) is 9.53. The lowest BCUT2D eigenvalue weighted by atomic mass is 9.44. The van der Waals surface area contributed by atoms with Crippen LogP contribution in [-0.2, 0) is 0 Å². The highest BCUT2D eigenvalue weighted by Crippen LogP contribution is 2.68. The fraction of sp³-hybridized carbons (Fsp3) is 1.00. The molecule has 0 saturated heterocycles. The molecule has 0 amide bonds. The minimum Gasteiger partial charge on any atom is -0.330 e. The van der Waals surface area contributed by atoms with Crippen LogP contribution in [0.15, 0.2) is 0 Å². The SMILES string of the molecule is CC.CC12CCC3C(CCC4C(F)CCCC43C)C1CCC2CCCN. The molecule has 4 saturated carbocycles. The maximum Gasteiger partial charge on any atom is 0.103 e. The molecule has 4 aliphatic carbocycles. The van der Waals surface area contributed by atoms with Gasteiger partial charge in [-0.1, -0.05) is 27.7 Å². The van der Waals surface area contributed by atoms with E-state index >= 15 is 0 Å². The lowest BCUT2D eigenvalue weighted by Gasteiger charge is -2.61. The molecule has 4 rings (SSSR count). The molecule has 0 aromatic heterocycles. The van der Waals surface area contributed by atoms with Gasteiger partial charge in [0.05, 0.1) is 0 Å². The zero-order chi connectivity index (χ0) is 18.9. The number of hydrogen-bond acceptors (Lipinski definition) is 1. The molecular weight excluding hydrogens is 321 g/mol. The van der Waals surface area contributed by atoms with Crippen molar-refractivity contribution in [1.82, 2.24) is 0 Å². The third kappa shape index (κ3) is 3.16. The van der Waals surface area contributed by atoms with Gasteiger partial charge in [-0.15, -0.1) is 0 Å². The van der Waals surface area contributed by atoms with Crippen molar-refractivity contribution in [2.24, 2.45) is 46.2 Å². The molecule has 0 bridgehead atoms. The average molecular weight is 366 g/mol. The molecule has 152 valence electrons. The van der Waals surface area contributed by atoms with Crippen LogP contribution in [0.1, 0.15) is 98.3 Å². The minimum absolute atomic E-state index is 0.303. The fourth-order valence-electron chi connectivity index (χ4n) is 8.28. The van der Waals surface area contributed by atoms with Gasteiger partial charge in [-0.25, -0.2) is 4.39 Å². The molecule has 0 aliphatic heterocycles. The number of alkyl halides is 1. The maximum atomic E-state index is 14.7. The van der Waals surface area contributed by atoms with Crippen molar-refractivity contribution in [2.75, 3.05) is 6.54 Å². The summed E-state index contributed by atoms with van der Waals surface area (Å²) in [5.74, 6) is 3.88. The Bertz CT molecular complexity index is 465. The average Bonchev–Trinajstić information content (AvgIpc) is 2.98. The van der Waals surface area contributed by atoms with E-state index in [2.05, 4.69) is 13.8 Å². The lowest BCUT2D eigenvalue weighted by Crippen LogP contribution is -2.54. The Balaban J connectivity index is 0.000000948. The molecule has 2 N–H and O–H groups in total. The third-order valence-electron chi connectivity index (χ3n) is 9.53. The van der Waals surface area contributed by atoms with E-state index in [9.17, 15) is 4.39 Å². The highest BCUT2D eigenvalue weighted by molar-refractivity contribution is 5.09. The zero-order valence-corrected chi connectivity index (χ0v) is 17.9. The fourth-order valence-corrected chi connectivity index (χ4v) is 8.28. The predicted octanol–water partition coefficient (Wildman–Crippen LogP) is 6.75. The van der Waals surface area contributed by atoms with Crippen molar-refractivity contribution in [3.8, 4) is 0 Å². The molecule has 8 atom stereocenters. The van der Waals surface area contributed by atoms with Crippen LogP contribution in [-0.4, -0.2) is 12.7 Å². The summed E-state index contributed by atoms with van der Waals surface area (Å²) in [6, 6.07) is 0. The van der Waals surface area contributed by atoms with Crippen molar-refractivity contribution in [1.29, 1.82) is 0 Å². The van der Waals surface area contributed by atoms with Crippen molar-refractivity contribution in [2.45, 2.75) is 104 Å². The van der Waals surface area contributed by atoms with Gasteiger partial charge in [0, 0.05) is 0 Å². The Morgan fingerprint density at radius 2 is 1.54 bits per heavy atom. The van der Waals surface area contributed by atoms with Gasteiger partial charge in [0.25, 0.3) is 0 Å². The maximum absolute atomic E-state index is 14.7. The van der Waals surface area contributed by atoms with Crippen LogP contribution in [0, 0.1) is 40.4 Å². The van der Waals surface area contributed by atoms with E-state index in [0.29, 0.717) is 16.7 Å². The Hall–Kier alpha value is -0.110. The first-order valence-corrected chi connectivity index (χ1v) is 11.8. The minimum atomic E-state index is -0.515. The van der Waals surface area contributed by atoms with Crippen LogP contribution in [0.3, 0.4) is 0 Å². The van der Waals surface area contributed by atoms with E-state index in [0.717, 1.165) is 43.1 Å². The molecule has 1 nitrogen and oxygen atoms in total. The van der Waals surface area contributed by atoms with Gasteiger partial charge in [0.2, 0.25) is 0 Å². The van der Waals surface area contributed by atoms with E-state index in [1.807, 2.05) is 13.8 Å². The molecule has 0 spiro atoms. The summed E-state index contributed by atoms with van der Waals surface area (Å²) in [5, 5.41) is 0. The molecule has 0 heterocycles. The van der Waals surface area contributed by atoms with E-state index in [1.54, 1.807) is 0 Å². The van der Waals surface area contributed by atoms with Gasteiger partial charge in [-0.05, 0) is 118 Å². The molecule has 26 heavy (non-hydrogen) atoms. The Labute approximate surface area is 162 Å². The standard InChI is InChI=1S/C22H38FN.C2H6/c1-21-13-11-18-16(17(21)9-7-15(21)5-4-14-24)8-10-19-20(23)6-3-12-22(18,19)2;1-2/h15-20H,3-14,24H2,1-2H3;1-2H3. The highest BCUT2D eigenvalue weighted by atomic mass is 19.1. The van der Waals surface area contributed by atoms with Crippen molar-refractivity contribution >= 4 is 0 Å². The van der Waals surface area contributed by atoms with Crippen molar-refractivity contribution in [3.05, 3.63) is 0 Å². The van der Waals surface area contributed by atoms with Crippen LogP contribution in [0.5, 0.6) is 0 Å². The second-order valence-corrected chi connectivity index (χ2v) is 10.2. The molecule has 0 aromatic rings. The Morgan fingerprint density at radius 3 is 2.27 bits per heavy atom. The summed E-state index contributed by atoms with van der Waals surface area (Å²) in [5.41, 5.74) is 6.65. The first kappa shape index (κ1) is 20.6. The monoisotopic (exact) mass is 365 g/mol. The first-order chi connectivity index (χ1) is 12.5. The lowest BCUT2D eigenvalue weighted by molar-refractivity contribution is -0.130. The summed E-state index contributed by atoms with van der Waals surface area (Å²) >= 11 is 0. The van der Waals surface area contributed by atoms with Gasteiger partial charge < -0.3 is 5.73 Å². The quantitative estimate of drug-likeness (QED) is 0.588. The zero-order valence-electron chi connectivity index (χ0n) is 17.9. The van der Waals surface area contributed by atoms with Gasteiger partial charge in [-0.3, -0.25) is 0 Å². The van der Waals surface area contributed by atoms with Gasteiger partial charge in [0.1, 0.15) is 6.17 Å². The van der Waals surface area contributed by atoms with Gasteiger partial charge >= 0.3 is 0 Å². The van der Waals surface area contributed by atoms with Crippen LogP contribution in [0.25, 0.3) is 0 Å². The summed E-state index contributed by atoms with van der Waals surface area (Å²) in [6.45, 7) is 9.93. The molecule has 8 unspecified atom stereocenters. The topological polar surface area (TPSA) is 26.0 Å². The molecule has 0 aromatic carbocycles. The molecule has 0 radical (unpaired) electrons. The number of fused-ring (bicyclic) bond motifs is 5. The van der Waals surface area contributed by atoms with E-state index in [1.165, 1.54) is 57.8 Å². The summed E-state index contributed by atoms with van der Waals surface area (Å²) < 4.78 is 14.7. The normalized spacial score (nSPS) is 50.1. The summed E-state index contributed by atoms with van der Waals surface area (Å²) in [4.78, 5) is 0. The second-order valence-electron chi connectivity index (χ2n) is 10.2. The number of halogens is 1. The van der Waals surface area contributed by atoms with Crippen LogP contribution in [0.2, 0.25) is 0 Å². The molecule has 2 heteroatoms. The Kier molecular flexibility index (Phi) is 6.42. The van der Waals surface area contributed by atoms with E-state index < -0.39 is 6.17 Å². The number of rotatable bonds is 3. The van der Waals surface area contributed by atoms with Gasteiger partial charge in [-0.2, -0.15) is 0 Å². The summed E-state index contributed by atoms with van der Waals surface area (Å²) in [7, 11) is 0. The van der Waals surface area contributed by atoms with Crippen molar-refractivity contribution < 1.29 is 4.39 Å². The number of hydrogen-bond donors (Lipinski definition) is 1. The van der Waals surface area contributed by atoms with Crippen molar-refractivity contribution in [3.63, 3.8) is 0 Å². The molecular formula is C24H44FN. The molecule has 4 fully saturated rings. The Morgan fingerprint density at radius 1 is 0.846 bits per heavy atom. The molecule has 4 aliphatic rings. The van der Waals surface area contributed by atoms with Crippen LogP contribution in [0.4, 0.5) is 4.39 Å². The predicted molar refractivity (Wildman–Crippen MR) is 110 cm³/mol. The van der Waals surface area contributed by atoms with Crippen LogP contribution < -0.4 is 5.73 Å². The summed E-state index contributed by atoms with van der Waals surface area (Å²) in [6.07, 6.45) is 13.4. The smallest absolute Gasteiger partial charge is 0.103 e. The number of nitrogens with two attached hydrogens (primary N) is 1.